The summed E-state index contributed by atoms with van der Waals surface area (Å²) in [6.45, 7) is 13.7. The predicted molar refractivity (Wildman–Crippen MR) is 87.9 cm³/mol. The van der Waals surface area contributed by atoms with E-state index in [9.17, 15) is 10.2 Å². The number of hydrogen-bond donors (Lipinski definition) is 2. The molecule has 0 amide bonds. The Balaban J connectivity index is 2.10. The summed E-state index contributed by atoms with van der Waals surface area (Å²) in [6, 6.07) is 0. The van der Waals surface area contributed by atoms with Gasteiger partial charge in [0.05, 0.1) is 12.2 Å². The molecule has 0 aromatic carbocycles. The van der Waals surface area contributed by atoms with E-state index >= 15 is 0 Å². The van der Waals surface area contributed by atoms with Crippen LogP contribution in [-0.4, -0.2) is 22.4 Å². The van der Waals surface area contributed by atoms with Gasteiger partial charge in [-0.3, -0.25) is 0 Å². The van der Waals surface area contributed by atoms with Crippen LogP contribution in [0.2, 0.25) is 0 Å². The Morgan fingerprint density at radius 3 is 1.10 bits per heavy atom. The van der Waals surface area contributed by atoms with E-state index in [-0.39, 0.29) is 12.2 Å². The van der Waals surface area contributed by atoms with Crippen LogP contribution in [0.25, 0.3) is 0 Å². The zero-order valence-electron chi connectivity index (χ0n) is 14.8. The van der Waals surface area contributed by atoms with Crippen molar-refractivity contribution in [2.75, 3.05) is 0 Å². The zero-order chi connectivity index (χ0) is 15.9. The molecule has 2 heteroatoms. The molecule has 0 bridgehead atoms. The Morgan fingerprint density at radius 1 is 0.619 bits per heavy atom. The lowest BCUT2D eigenvalue weighted by Gasteiger charge is -2.51. The maximum Gasteiger partial charge on any atom is 0.0591 e. The Kier molecular flexibility index (Phi) is 5.10. The van der Waals surface area contributed by atoms with Crippen molar-refractivity contribution in [2.24, 2.45) is 40.9 Å². The molecule has 0 aliphatic heterocycles. The van der Waals surface area contributed by atoms with Crippen LogP contribution in [0.4, 0.5) is 0 Å². The summed E-state index contributed by atoms with van der Waals surface area (Å²) in [5.74, 6) is 3.07. The minimum absolute atomic E-state index is 0.122. The molecule has 21 heavy (non-hydrogen) atoms. The number of hydrogen-bond acceptors (Lipinski definition) is 2. The van der Waals surface area contributed by atoms with Crippen LogP contribution in [-0.2, 0) is 0 Å². The monoisotopic (exact) mass is 296 g/mol. The highest BCUT2D eigenvalue weighted by Gasteiger charge is 2.46. The van der Waals surface area contributed by atoms with E-state index in [0.29, 0.717) is 40.9 Å². The summed E-state index contributed by atoms with van der Waals surface area (Å²) < 4.78 is 0. The van der Waals surface area contributed by atoms with E-state index in [1.54, 1.807) is 0 Å². The lowest BCUT2D eigenvalue weighted by atomic mass is 9.55. The fourth-order valence-corrected chi connectivity index (χ4v) is 5.22. The van der Waals surface area contributed by atoms with Crippen LogP contribution in [0.3, 0.4) is 0 Å². The lowest BCUT2D eigenvalue weighted by molar-refractivity contribution is -0.0679. The van der Waals surface area contributed by atoms with Gasteiger partial charge < -0.3 is 10.2 Å². The van der Waals surface area contributed by atoms with Gasteiger partial charge in [-0.05, 0) is 66.6 Å². The van der Waals surface area contributed by atoms with E-state index in [1.807, 2.05) is 0 Å². The van der Waals surface area contributed by atoms with E-state index in [1.165, 1.54) is 0 Å². The molecule has 2 rings (SSSR count). The van der Waals surface area contributed by atoms with Crippen molar-refractivity contribution in [1.82, 2.24) is 0 Å². The molecule has 0 spiro atoms. The Hall–Kier alpha value is -0.0800. The van der Waals surface area contributed by atoms with Crippen LogP contribution in [0.15, 0.2) is 0 Å². The highest BCUT2D eigenvalue weighted by Crippen LogP contribution is 2.52. The third kappa shape index (κ3) is 3.32. The summed E-state index contributed by atoms with van der Waals surface area (Å²) in [6.07, 6.45) is 4.37. The predicted octanol–water partition coefficient (Wildman–Crippen LogP) is 4.10. The highest BCUT2D eigenvalue weighted by molar-refractivity contribution is 4.95. The van der Waals surface area contributed by atoms with Gasteiger partial charge in [-0.15, -0.1) is 0 Å². The largest absolute Gasteiger partial charge is 0.393 e. The average molecular weight is 296 g/mol. The maximum absolute atomic E-state index is 10.2. The van der Waals surface area contributed by atoms with Crippen LogP contribution in [0.5, 0.6) is 0 Å². The topological polar surface area (TPSA) is 40.5 Å². The normalized spacial score (nSPS) is 49.1. The second kappa shape index (κ2) is 6.20. The van der Waals surface area contributed by atoms with Gasteiger partial charge in [0, 0.05) is 0 Å². The van der Waals surface area contributed by atoms with Gasteiger partial charge in [0.1, 0.15) is 0 Å². The van der Waals surface area contributed by atoms with Gasteiger partial charge in [-0.2, -0.15) is 0 Å². The minimum Gasteiger partial charge on any atom is -0.393 e. The molecule has 2 aliphatic rings. The van der Waals surface area contributed by atoms with Crippen molar-refractivity contribution in [1.29, 1.82) is 0 Å². The summed E-state index contributed by atoms with van der Waals surface area (Å²) >= 11 is 0. The molecule has 0 aromatic rings. The molecule has 0 aromatic heterocycles. The van der Waals surface area contributed by atoms with Crippen LogP contribution in [0, 0.1) is 40.9 Å². The molecule has 2 fully saturated rings. The Bertz CT molecular complexity index is 295. The van der Waals surface area contributed by atoms with Gasteiger partial charge in [0.25, 0.3) is 0 Å². The van der Waals surface area contributed by atoms with Crippen molar-refractivity contribution < 1.29 is 10.2 Å². The van der Waals surface area contributed by atoms with E-state index in [4.69, 9.17) is 0 Å². The zero-order valence-corrected chi connectivity index (χ0v) is 14.8. The first kappa shape index (κ1) is 17.3. The van der Waals surface area contributed by atoms with Gasteiger partial charge in [0.15, 0.2) is 0 Å². The molecule has 2 aliphatic carbocycles. The smallest absolute Gasteiger partial charge is 0.0591 e. The number of aliphatic hydroxyl groups is 2. The van der Waals surface area contributed by atoms with Crippen molar-refractivity contribution in [2.45, 2.75) is 79.4 Å². The molecular weight excluding hydrogens is 260 g/mol. The molecule has 0 radical (unpaired) electrons. The molecule has 4 atom stereocenters. The Morgan fingerprint density at radius 2 is 0.857 bits per heavy atom. The molecular formula is C19H36O2. The third-order valence-corrected chi connectivity index (χ3v) is 7.06. The fourth-order valence-electron chi connectivity index (χ4n) is 5.22. The molecule has 4 unspecified atom stereocenters. The van der Waals surface area contributed by atoms with Crippen molar-refractivity contribution >= 4 is 0 Å². The molecule has 2 nitrogen and oxygen atoms in total. The summed E-state index contributed by atoms with van der Waals surface area (Å²) in [5, 5.41) is 20.5. The van der Waals surface area contributed by atoms with E-state index in [0.717, 1.165) is 25.7 Å². The average Bonchev–Trinajstić information content (AvgIpc) is 2.40. The van der Waals surface area contributed by atoms with Gasteiger partial charge >= 0.3 is 0 Å². The molecule has 2 saturated carbocycles. The quantitative estimate of drug-likeness (QED) is 0.805. The summed E-state index contributed by atoms with van der Waals surface area (Å²) in [7, 11) is 0. The fraction of sp³-hybridized carbons (Fsp3) is 1.00. The molecule has 0 saturated heterocycles. The van der Waals surface area contributed by atoms with Crippen molar-refractivity contribution in [3.8, 4) is 0 Å². The first-order chi connectivity index (χ1) is 9.64. The van der Waals surface area contributed by atoms with Crippen LogP contribution in [0.1, 0.15) is 67.2 Å². The SMILES string of the molecule is CC1CC(C(C)(C)C2CC(C)C(O)C(C)C2)CC(C)C1O. The first-order valence-corrected chi connectivity index (χ1v) is 9.00. The molecule has 0 heterocycles. The van der Waals surface area contributed by atoms with Gasteiger partial charge in [-0.1, -0.05) is 41.5 Å². The lowest BCUT2D eigenvalue weighted by Crippen LogP contribution is -2.46. The van der Waals surface area contributed by atoms with E-state index in [2.05, 4.69) is 41.5 Å². The van der Waals surface area contributed by atoms with Crippen LogP contribution < -0.4 is 0 Å². The van der Waals surface area contributed by atoms with E-state index < -0.39 is 0 Å². The minimum atomic E-state index is -0.122. The van der Waals surface area contributed by atoms with Crippen molar-refractivity contribution in [3.05, 3.63) is 0 Å². The number of aliphatic hydroxyl groups excluding tert-OH is 2. The van der Waals surface area contributed by atoms with Crippen LogP contribution >= 0.6 is 0 Å². The second-order valence-electron chi connectivity index (χ2n) is 9.05. The van der Waals surface area contributed by atoms with Crippen molar-refractivity contribution in [3.63, 3.8) is 0 Å². The molecule has 124 valence electrons. The summed E-state index contributed by atoms with van der Waals surface area (Å²) in [4.78, 5) is 0. The summed E-state index contributed by atoms with van der Waals surface area (Å²) in [5.41, 5.74) is 0.311. The third-order valence-electron chi connectivity index (χ3n) is 7.06. The maximum atomic E-state index is 10.2. The standard InChI is InChI=1S/C19H36O2/c1-11-7-15(8-12(2)17(11)20)19(5,6)16-9-13(3)18(21)14(4)10-16/h11-18,20-21H,7-10H2,1-6H3. The highest BCUT2D eigenvalue weighted by atomic mass is 16.3. The van der Waals surface area contributed by atoms with Gasteiger partial charge in [-0.25, -0.2) is 0 Å². The first-order valence-electron chi connectivity index (χ1n) is 9.00. The second-order valence-corrected chi connectivity index (χ2v) is 9.05. The Labute approximate surface area is 131 Å². The number of rotatable bonds is 2. The molecule has 2 N–H and O–H groups in total. The van der Waals surface area contributed by atoms with Gasteiger partial charge in [0.2, 0.25) is 0 Å².